The highest BCUT2D eigenvalue weighted by Gasteiger charge is 2.54. The van der Waals surface area contributed by atoms with Gasteiger partial charge < -0.3 is 20.3 Å². The molecule has 2 aromatic rings. The van der Waals surface area contributed by atoms with Crippen LogP contribution in [0.2, 0.25) is 0 Å². The van der Waals surface area contributed by atoms with Gasteiger partial charge in [-0.15, -0.1) is 0 Å². The molecule has 2 aliphatic rings. The summed E-state index contributed by atoms with van der Waals surface area (Å²) in [5.41, 5.74) is 2.97. The molecule has 0 saturated carbocycles. The Labute approximate surface area is 194 Å². The van der Waals surface area contributed by atoms with Crippen molar-refractivity contribution in [1.82, 2.24) is 15.5 Å². The summed E-state index contributed by atoms with van der Waals surface area (Å²) in [5, 5.41) is 5.82. The minimum Gasteiger partial charge on any atom is -0.378 e. The molecule has 0 aromatic heterocycles. The fourth-order valence-corrected chi connectivity index (χ4v) is 5.40. The third-order valence-corrected chi connectivity index (χ3v) is 6.95. The third-order valence-electron chi connectivity index (χ3n) is 6.95. The van der Waals surface area contributed by atoms with Crippen LogP contribution in [0, 0.1) is 0 Å². The highest BCUT2D eigenvalue weighted by molar-refractivity contribution is 5.84. The summed E-state index contributed by atoms with van der Waals surface area (Å²) in [6.45, 7) is 2.59. The number of piperidine rings is 1. The Morgan fingerprint density at radius 2 is 1.70 bits per heavy atom. The molecular weight excluding hydrogens is 418 g/mol. The number of hydrogen-bond donors (Lipinski definition) is 2. The van der Waals surface area contributed by atoms with Gasteiger partial charge in [-0.25, -0.2) is 0 Å². The van der Waals surface area contributed by atoms with Gasteiger partial charge in [-0.1, -0.05) is 54.6 Å². The number of nitrogens with zero attached hydrogens (tertiary/aromatic N) is 1. The predicted octanol–water partition coefficient (Wildman–Crippen LogP) is 2.11. The van der Waals surface area contributed by atoms with E-state index in [1.807, 2.05) is 42.5 Å². The maximum absolute atomic E-state index is 12.9. The summed E-state index contributed by atoms with van der Waals surface area (Å²) in [6, 6.07) is 17.7. The van der Waals surface area contributed by atoms with Gasteiger partial charge in [0.25, 0.3) is 0 Å². The zero-order chi connectivity index (χ0) is 23.4. The van der Waals surface area contributed by atoms with Crippen molar-refractivity contribution in [1.29, 1.82) is 0 Å². The Kier molecular flexibility index (Phi) is 6.79. The van der Waals surface area contributed by atoms with E-state index in [4.69, 9.17) is 4.74 Å². The monoisotopic (exact) mass is 449 g/mol. The summed E-state index contributed by atoms with van der Waals surface area (Å²) in [7, 11) is 1.70. The van der Waals surface area contributed by atoms with Gasteiger partial charge in [-0.2, -0.15) is 0 Å². The van der Waals surface area contributed by atoms with Crippen LogP contribution in [-0.2, 0) is 31.0 Å². The van der Waals surface area contributed by atoms with Crippen LogP contribution in [0.1, 0.15) is 42.5 Å². The van der Waals surface area contributed by atoms with E-state index in [0.717, 1.165) is 24.0 Å². The molecule has 1 saturated heterocycles. The Balaban J connectivity index is 1.52. The van der Waals surface area contributed by atoms with Crippen molar-refractivity contribution in [2.24, 2.45) is 0 Å². The number of fused-ring (bicyclic) bond motifs is 2. The van der Waals surface area contributed by atoms with Gasteiger partial charge in [0, 0.05) is 32.5 Å². The molecule has 4 rings (SSSR count). The summed E-state index contributed by atoms with van der Waals surface area (Å²) < 4.78 is 6.05. The number of amides is 3. The molecule has 0 unspecified atom stereocenters. The summed E-state index contributed by atoms with van der Waals surface area (Å²) in [6.07, 6.45) is 1.56. The second-order valence-electron chi connectivity index (χ2n) is 8.90. The normalized spacial score (nSPS) is 20.8. The molecule has 0 bridgehead atoms. The Bertz CT molecular complexity index is 1020. The second kappa shape index (κ2) is 9.75. The fourth-order valence-electron chi connectivity index (χ4n) is 5.40. The highest BCUT2D eigenvalue weighted by Crippen LogP contribution is 2.52. The van der Waals surface area contributed by atoms with E-state index < -0.39 is 0 Å². The van der Waals surface area contributed by atoms with Crippen molar-refractivity contribution in [3.63, 3.8) is 0 Å². The summed E-state index contributed by atoms with van der Waals surface area (Å²) in [4.78, 5) is 38.4. The van der Waals surface area contributed by atoms with Gasteiger partial charge >= 0.3 is 0 Å². The lowest BCUT2D eigenvalue weighted by Gasteiger charge is -2.44. The number of nitrogens with one attached hydrogen (secondary N) is 2. The van der Waals surface area contributed by atoms with E-state index in [2.05, 4.69) is 22.8 Å². The number of carbonyl (C=O) groups is 3. The van der Waals surface area contributed by atoms with E-state index in [1.165, 1.54) is 12.5 Å². The van der Waals surface area contributed by atoms with E-state index in [0.29, 0.717) is 19.5 Å². The molecule has 1 aliphatic heterocycles. The van der Waals surface area contributed by atoms with Crippen molar-refractivity contribution in [2.45, 2.75) is 43.7 Å². The molecule has 1 spiro atoms. The lowest BCUT2D eigenvalue weighted by Crippen LogP contribution is -2.53. The minimum atomic E-state index is -0.277. The zero-order valence-electron chi connectivity index (χ0n) is 19.2. The molecule has 1 aliphatic carbocycles. The van der Waals surface area contributed by atoms with Gasteiger partial charge in [0.05, 0.1) is 25.1 Å². The number of carbonyl (C=O) groups excluding carboxylic acids is 3. The molecule has 0 radical (unpaired) electrons. The molecule has 2 N–H and O–H groups in total. The molecular formula is C26H31N3O4. The number of ether oxygens (including phenoxy) is 1. The van der Waals surface area contributed by atoms with Crippen molar-refractivity contribution in [2.75, 3.05) is 26.7 Å². The van der Waals surface area contributed by atoms with Crippen molar-refractivity contribution < 1.29 is 19.1 Å². The van der Waals surface area contributed by atoms with Crippen molar-refractivity contribution in [3.8, 4) is 0 Å². The first-order chi connectivity index (χ1) is 15.9. The molecule has 3 amide bonds. The molecule has 1 fully saturated rings. The first kappa shape index (κ1) is 23.0. The molecule has 1 heterocycles. The summed E-state index contributed by atoms with van der Waals surface area (Å²) in [5.74, 6) is -0.328. The third kappa shape index (κ3) is 4.64. The van der Waals surface area contributed by atoms with Gasteiger partial charge in [0.15, 0.2) is 0 Å². The van der Waals surface area contributed by atoms with Crippen molar-refractivity contribution in [3.05, 3.63) is 71.3 Å². The van der Waals surface area contributed by atoms with Crippen molar-refractivity contribution >= 4 is 17.7 Å². The van der Waals surface area contributed by atoms with Gasteiger partial charge in [-0.3, -0.25) is 14.4 Å². The van der Waals surface area contributed by atoms with Crippen LogP contribution in [0.4, 0.5) is 0 Å². The smallest absolute Gasteiger partial charge is 0.241 e. The van der Waals surface area contributed by atoms with E-state index in [-0.39, 0.29) is 41.8 Å². The zero-order valence-corrected chi connectivity index (χ0v) is 19.2. The average Bonchev–Trinajstić information content (AvgIpc) is 3.07. The standard InChI is InChI=1S/C26H31N3O4/c1-18(30)27-17-23(32)29-14-12-26(13-15-29)21-11-7-6-10-20(21)24(25(26)33-2)28-22(31)16-19-8-4-3-5-9-19/h3-11,24-25H,12-17H2,1-2H3,(H,27,30)(H,28,31)/t24-,25+/m1/s1. The maximum Gasteiger partial charge on any atom is 0.241 e. The minimum absolute atomic E-state index is 0.0186. The first-order valence-electron chi connectivity index (χ1n) is 11.4. The predicted molar refractivity (Wildman–Crippen MR) is 124 cm³/mol. The quantitative estimate of drug-likeness (QED) is 0.707. The van der Waals surface area contributed by atoms with Crippen LogP contribution in [0.5, 0.6) is 0 Å². The molecule has 2 aromatic carbocycles. The Morgan fingerprint density at radius 1 is 1.03 bits per heavy atom. The number of likely N-dealkylation sites (tertiary alicyclic amines) is 1. The van der Waals surface area contributed by atoms with Crippen LogP contribution in [-0.4, -0.2) is 55.5 Å². The van der Waals surface area contributed by atoms with Crippen LogP contribution in [0.25, 0.3) is 0 Å². The SMILES string of the molecule is CO[C@H]1[C@H](NC(=O)Cc2ccccc2)c2ccccc2C12CCN(C(=O)CNC(C)=O)CC2. The van der Waals surface area contributed by atoms with Crippen LogP contribution >= 0.6 is 0 Å². The first-order valence-corrected chi connectivity index (χ1v) is 11.4. The van der Waals surface area contributed by atoms with Gasteiger partial charge in [0.2, 0.25) is 17.7 Å². The number of methoxy groups -OCH3 is 1. The molecule has 174 valence electrons. The number of benzene rings is 2. The lowest BCUT2D eigenvalue weighted by molar-refractivity contribution is -0.134. The van der Waals surface area contributed by atoms with E-state index in [1.54, 1.807) is 12.0 Å². The Morgan fingerprint density at radius 3 is 2.36 bits per heavy atom. The second-order valence-corrected chi connectivity index (χ2v) is 8.90. The highest BCUT2D eigenvalue weighted by atomic mass is 16.5. The van der Waals surface area contributed by atoms with Crippen LogP contribution in [0.15, 0.2) is 54.6 Å². The van der Waals surface area contributed by atoms with Crippen LogP contribution < -0.4 is 10.6 Å². The lowest BCUT2D eigenvalue weighted by atomic mass is 9.72. The van der Waals surface area contributed by atoms with E-state index in [9.17, 15) is 14.4 Å². The van der Waals surface area contributed by atoms with Gasteiger partial charge in [0.1, 0.15) is 0 Å². The largest absolute Gasteiger partial charge is 0.378 e. The van der Waals surface area contributed by atoms with Crippen LogP contribution in [0.3, 0.4) is 0 Å². The molecule has 2 atom stereocenters. The summed E-state index contributed by atoms with van der Waals surface area (Å²) >= 11 is 0. The van der Waals surface area contributed by atoms with E-state index >= 15 is 0 Å². The number of rotatable bonds is 6. The van der Waals surface area contributed by atoms with Gasteiger partial charge in [-0.05, 0) is 29.5 Å². The molecule has 7 nitrogen and oxygen atoms in total. The fraction of sp³-hybridized carbons (Fsp3) is 0.423. The maximum atomic E-state index is 12.9. The molecule has 33 heavy (non-hydrogen) atoms. The molecule has 7 heteroatoms. The number of hydrogen-bond acceptors (Lipinski definition) is 4. The Hall–Kier alpha value is -3.19. The topological polar surface area (TPSA) is 87.7 Å². The average molecular weight is 450 g/mol.